The van der Waals surface area contributed by atoms with Crippen molar-refractivity contribution in [2.75, 3.05) is 45.6 Å². The number of aromatic nitrogens is 2. The van der Waals surface area contributed by atoms with Crippen LogP contribution in [-0.2, 0) is 21.3 Å². The Balaban J connectivity index is 1.64. The Bertz CT molecular complexity index is 1440. The van der Waals surface area contributed by atoms with Crippen LogP contribution in [0.2, 0.25) is 0 Å². The summed E-state index contributed by atoms with van der Waals surface area (Å²) < 4.78 is 37.6. The second-order valence-electron chi connectivity index (χ2n) is 9.91. The molecule has 3 heterocycles. The molecule has 0 radical (unpaired) electrons. The number of sulfonamides is 1. The molecule has 1 fully saturated rings. The Labute approximate surface area is 212 Å². The van der Waals surface area contributed by atoms with Crippen LogP contribution in [0.15, 0.2) is 71.5 Å². The monoisotopic (exact) mass is 507 g/mol. The van der Waals surface area contributed by atoms with Gasteiger partial charge in [-0.15, -0.1) is 0 Å². The molecule has 3 aromatic rings. The van der Waals surface area contributed by atoms with Crippen molar-refractivity contribution in [1.29, 1.82) is 0 Å². The third kappa shape index (κ3) is 4.54. The van der Waals surface area contributed by atoms with E-state index in [9.17, 15) is 8.42 Å². The van der Waals surface area contributed by atoms with E-state index in [1.54, 1.807) is 42.6 Å². The molecule has 0 spiro atoms. The summed E-state index contributed by atoms with van der Waals surface area (Å²) in [5, 5.41) is 0.793. The molecule has 1 atom stereocenters. The molecular formula is C27H33N5O3S. The zero-order chi connectivity index (χ0) is 25.5. The van der Waals surface area contributed by atoms with Gasteiger partial charge in [0.05, 0.1) is 22.6 Å². The van der Waals surface area contributed by atoms with Crippen LogP contribution in [-0.4, -0.2) is 74.2 Å². The van der Waals surface area contributed by atoms with Crippen molar-refractivity contribution in [2.45, 2.75) is 30.4 Å². The third-order valence-corrected chi connectivity index (χ3v) is 8.34. The SMILES string of the molecule is CN(C)CCn1cc(C2=CCC3(C)OCCN(C)C3=C2)c2c(NS(=O)(=O)c3ccccc3)ccnc21. The Hall–Kier alpha value is -3.14. The largest absolute Gasteiger partial charge is 0.373 e. The third-order valence-electron chi connectivity index (χ3n) is 6.96. The van der Waals surface area contributed by atoms with Crippen molar-refractivity contribution in [3.63, 3.8) is 0 Å². The summed E-state index contributed by atoms with van der Waals surface area (Å²) in [7, 11) is 2.40. The number of anilines is 1. The maximum absolute atomic E-state index is 13.2. The van der Waals surface area contributed by atoms with Crippen molar-refractivity contribution >= 4 is 32.3 Å². The quantitative estimate of drug-likeness (QED) is 0.524. The second kappa shape index (κ2) is 9.38. The van der Waals surface area contributed by atoms with Gasteiger partial charge in [0, 0.05) is 56.8 Å². The number of rotatable bonds is 7. The zero-order valence-corrected chi connectivity index (χ0v) is 22.0. The first kappa shape index (κ1) is 24.5. The van der Waals surface area contributed by atoms with Gasteiger partial charge in [-0.3, -0.25) is 4.72 Å². The summed E-state index contributed by atoms with van der Waals surface area (Å²) >= 11 is 0. The lowest BCUT2D eigenvalue weighted by Gasteiger charge is -2.44. The van der Waals surface area contributed by atoms with Crippen LogP contribution < -0.4 is 4.72 Å². The predicted octanol–water partition coefficient (Wildman–Crippen LogP) is 3.79. The molecule has 36 heavy (non-hydrogen) atoms. The fourth-order valence-electron chi connectivity index (χ4n) is 4.93. The van der Waals surface area contributed by atoms with E-state index in [1.807, 2.05) is 14.1 Å². The molecule has 0 saturated carbocycles. The number of pyridine rings is 1. The normalized spacial score (nSPS) is 20.3. The molecule has 9 heteroatoms. The minimum Gasteiger partial charge on any atom is -0.373 e. The van der Waals surface area contributed by atoms with Crippen LogP contribution in [0.5, 0.6) is 0 Å². The van der Waals surface area contributed by atoms with Crippen LogP contribution in [0.3, 0.4) is 0 Å². The predicted molar refractivity (Wildman–Crippen MR) is 143 cm³/mol. The molecule has 8 nitrogen and oxygen atoms in total. The van der Waals surface area contributed by atoms with Gasteiger partial charge in [0.1, 0.15) is 11.2 Å². The van der Waals surface area contributed by atoms with Gasteiger partial charge in [-0.2, -0.15) is 0 Å². The molecule has 0 amide bonds. The van der Waals surface area contributed by atoms with Gasteiger partial charge in [-0.1, -0.05) is 24.3 Å². The number of allylic oxidation sites excluding steroid dienone is 2. The van der Waals surface area contributed by atoms with Gasteiger partial charge < -0.3 is 19.1 Å². The molecule has 190 valence electrons. The highest BCUT2D eigenvalue weighted by atomic mass is 32.2. The average Bonchev–Trinajstić information content (AvgIpc) is 3.23. The van der Waals surface area contributed by atoms with Gasteiger partial charge in [-0.25, -0.2) is 13.4 Å². The van der Waals surface area contributed by atoms with Crippen molar-refractivity contribution < 1.29 is 13.2 Å². The van der Waals surface area contributed by atoms with E-state index in [1.165, 1.54) is 0 Å². The minimum atomic E-state index is -3.76. The molecule has 1 saturated heterocycles. The fraction of sp³-hybridized carbons (Fsp3) is 0.370. The van der Waals surface area contributed by atoms with E-state index in [2.05, 4.69) is 56.4 Å². The molecule has 5 rings (SSSR count). The number of fused-ring (bicyclic) bond motifs is 2. The highest BCUT2D eigenvalue weighted by Crippen LogP contribution is 2.41. The first-order chi connectivity index (χ1) is 17.2. The lowest BCUT2D eigenvalue weighted by molar-refractivity contribution is -0.0553. The number of ether oxygens (including phenoxy) is 1. The highest BCUT2D eigenvalue weighted by molar-refractivity contribution is 7.92. The van der Waals surface area contributed by atoms with Crippen molar-refractivity contribution in [2.24, 2.45) is 0 Å². The van der Waals surface area contributed by atoms with Gasteiger partial charge in [0.2, 0.25) is 0 Å². The van der Waals surface area contributed by atoms with E-state index >= 15 is 0 Å². The van der Waals surface area contributed by atoms with E-state index in [-0.39, 0.29) is 10.5 Å². The van der Waals surface area contributed by atoms with Crippen LogP contribution >= 0.6 is 0 Å². The maximum atomic E-state index is 13.2. The fourth-order valence-corrected chi connectivity index (χ4v) is 6.02. The highest BCUT2D eigenvalue weighted by Gasteiger charge is 2.37. The van der Waals surface area contributed by atoms with Crippen molar-refractivity contribution in [3.8, 4) is 0 Å². The Morgan fingerprint density at radius 3 is 2.72 bits per heavy atom. The first-order valence-corrected chi connectivity index (χ1v) is 13.6. The molecule has 2 aromatic heterocycles. The molecule has 1 aliphatic heterocycles. The second-order valence-corrected chi connectivity index (χ2v) is 11.6. The van der Waals surface area contributed by atoms with Gasteiger partial charge >= 0.3 is 0 Å². The number of morpholine rings is 1. The minimum absolute atomic E-state index is 0.222. The van der Waals surface area contributed by atoms with E-state index < -0.39 is 10.0 Å². The molecule has 1 unspecified atom stereocenters. The number of nitrogens with one attached hydrogen (secondary N) is 1. The standard InChI is InChI=1S/C27H33N5O3S/c1-27-12-10-20(18-24(27)31(4)16-17-35-27)22-19-32(15-14-30(2)3)26-25(22)23(11-13-28-26)29-36(33,34)21-8-6-5-7-9-21/h5-11,13,18-19H,12,14-17H2,1-4H3,(H,28,29). The average molecular weight is 508 g/mol. The lowest BCUT2D eigenvalue weighted by Crippen LogP contribution is -2.46. The topological polar surface area (TPSA) is 79.7 Å². The van der Waals surface area contributed by atoms with Gasteiger partial charge in [0.15, 0.2) is 0 Å². The number of nitrogens with zero attached hydrogens (tertiary/aromatic N) is 4. The molecule has 0 bridgehead atoms. The Morgan fingerprint density at radius 2 is 1.97 bits per heavy atom. The van der Waals surface area contributed by atoms with Crippen molar-refractivity contribution in [1.82, 2.24) is 19.4 Å². The van der Waals surface area contributed by atoms with Gasteiger partial charge in [0.25, 0.3) is 10.0 Å². The molecule has 1 N–H and O–H groups in total. The molecular weight excluding hydrogens is 474 g/mol. The summed E-state index contributed by atoms with van der Waals surface area (Å²) in [5.41, 5.74) is 4.05. The zero-order valence-electron chi connectivity index (χ0n) is 21.2. The van der Waals surface area contributed by atoms with Crippen LogP contribution in [0.1, 0.15) is 18.9 Å². The summed E-state index contributed by atoms with van der Waals surface area (Å²) in [6.07, 6.45) is 8.87. The summed E-state index contributed by atoms with van der Waals surface area (Å²) in [4.78, 5) is 9.27. The van der Waals surface area contributed by atoms with Gasteiger partial charge in [-0.05, 0) is 50.9 Å². The maximum Gasteiger partial charge on any atom is 0.261 e. The lowest BCUT2D eigenvalue weighted by atomic mass is 9.86. The summed E-state index contributed by atoms with van der Waals surface area (Å²) in [6, 6.07) is 10.2. The number of benzene rings is 1. The molecule has 2 aliphatic rings. The van der Waals surface area contributed by atoms with Crippen LogP contribution in [0.25, 0.3) is 16.6 Å². The number of hydrogen-bond acceptors (Lipinski definition) is 6. The molecule has 1 aromatic carbocycles. The first-order valence-electron chi connectivity index (χ1n) is 12.2. The van der Waals surface area contributed by atoms with Crippen LogP contribution in [0.4, 0.5) is 5.69 Å². The van der Waals surface area contributed by atoms with Crippen molar-refractivity contribution in [3.05, 3.63) is 72.2 Å². The van der Waals surface area contributed by atoms with E-state index in [4.69, 9.17) is 4.74 Å². The Morgan fingerprint density at radius 1 is 1.19 bits per heavy atom. The smallest absolute Gasteiger partial charge is 0.261 e. The summed E-state index contributed by atoms with van der Waals surface area (Å²) in [5.74, 6) is 0. The number of hydrogen-bond donors (Lipinski definition) is 1. The van der Waals surface area contributed by atoms with E-state index in [0.29, 0.717) is 12.3 Å². The van der Waals surface area contributed by atoms with E-state index in [0.717, 1.165) is 53.9 Å². The van der Waals surface area contributed by atoms with Crippen LogP contribution in [0, 0.1) is 0 Å². The Kier molecular flexibility index (Phi) is 6.40. The number of likely N-dealkylation sites (N-methyl/N-ethyl adjacent to an activating group) is 2. The summed E-state index contributed by atoms with van der Waals surface area (Å²) in [6.45, 7) is 5.23. The molecule has 1 aliphatic carbocycles.